The van der Waals surface area contributed by atoms with Crippen LogP contribution in [0.15, 0.2) is 67.3 Å². The molecule has 3 atom stereocenters. The number of hydrogen-bond donors (Lipinski definition) is 1. The van der Waals surface area contributed by atoms with Gasteiger partial charge >= 0.3 is 0 Å². The Bertz CT molecular complexity index is 763. The number of ether oxygens (including phenoxy) is 1. The molecule has 0 saturated carbocycles. The molecule has 156 valence electrons. The van der Waals surface area contributed by atoms with Crippen molar-refractivity contribution < 1.29 is 14.6 Å². The summed E-state index contributed by atoms with van der Waals surface area (Å²) in [5, 5.41) is 11.1. The molecular weight excluding hydrogens is 409 g/mol. The molecular formula is C23H27Cl2NO3. The molecule has 1 N–H and O–H groups in total. The van der Waals surface area contributed by atoms with Crippen LogP contribution in [0.3, 0.4) is 0 Å². The predicted molar refractivity (Wildman–Crippen MR) is 118 cm³/mol. The van der Waals surface area contributed by atoms with Crippen molar-refractivity contribution in [2.24, 2.45) is 0 Å². The summed E-state index contributed by atoms with van der Waals surface area (Å²) in [5.41, 5.74) is 0.960. The molecule has 1 heterocycles. The Kier molecular flexibility index (Phi) is 9.68. The number of aliphatic hydroxyl groups excluding tert-OH is 1. The van der Waals surface area contributed by atoms with E-state index in [0.717, 1.165) is 10.6 Å². The molecule has 2 aromatic rings. The summed E-state index contributed by atoms with van der Waals surface area (Å²) in [6, 6.07) is 16.4. The SMILES string of the molecule is C=CCC1OCC(c2ccc(Cl)cc2)N(C(CC)CO)C1=O.Clc1ccccc1. The number of amides is 1. The fourth-order valence-corrected chi connectivity index (χ4v) is 3.48. The van der Waals surface area contributed by atoms with E-state index in [4.69, 9.17) is 27.9 Å². The van der Waals surface area contributed by atoms with Gasteiger partial charge in [-0.2, -0.15) is 0 Å². The maximum Gasteiger partial charge on any atom is 0.252 e. The van der Waals surface area contributed by atoms with Crippen molar-refractivity contribution in [1.82, 2.24) is 4.90 Å². The second kappa shape index (κ2) is 12.0. The fourth-order valence-electron chi connectivity index (χ4n) is 3.20. The van der Waals surface area contributed by atoms with Gasteiger partial charge in [-0.1, -0.05) is 66.5 Å². The Hall–Kier alpha value is -1.85. The van der Waals surface area contributed by atoms with Gasteiger partial charge in [0.05, 0.1) is 25.3 Å². The number of hydrogen-bond acceptors (Lipinski definition) is 3. The molecule has 0 radical (unpaired) electrons. The van der Waals surface area contributed by atoms with Crippen molar-refractivity contribution in [3.63, 3.8) is 0 Å². The summed E-state index contributed by atoms with van der Waals surface area (Å²) in [4.78, 5) is 14.5. The van der Waals surface area contributed by atoms with Gasteiger partial charge in [0.25, 0.3) is 5.91 Å². The molecule has 6 heteroatoms. The van der Waals surface area contributed by atoms with Crippen LogP contribution in [0.2, 0.25) is 10.0 Å². The first-order chi connectivity index (χ1) is 14.0. The number of nitrogens with zero attached hydrogens (tertiary/aromatic N) is 1. The second-order valence-corrected chi connectivity index (χ2v) is 7.57. The molecule has 1 fully saturated rings. The highest BCUT2D eigenvalue weighted by atomic mass is 35.5. The van der Waals surface area contributed by atoms with E-state index in [1.807, 2.05) is 49.4 Å². The van der Waals surface area contributed by atoms with Gasteiger partial charge in [-0.15, -0.1) is 6.58 Å². The van der Waals surface area contributed by atoms with Gasteiger partial charge in [0.2, 0.25) is 0 Å². The van der Waals surface area contributed by atoms with Crippen molar-refractivity contribution in [3.05, 3.63) is 82.9 Å². The Labute approximate surface area is 182 Å². The lowest BCUT2D eigenvalue weighted by Gasteiger charge is -2.43. The third-order valence-corrected chi connectivity index (χ3v) is 5.27. The van der Waals surface area contributed by atoms with Gasteiger partial charge in [0.15, 0.2) is 0 Å². The van der Waals surface area contributed by atoms with E-state index in [2.05, 4.69) is 6.58 Å². The smallest absolute Gasteiger partial charge is 0.252 e. The van der Waals surface area contributed by atoms with Crippen LogP contribution in [0, 0.1) is 0 Å². The van der Waals surface area contributed by atoms with Gasteiger partial charge in [0, 0.05) is 16.5 Å². The lowest BCUT2D eigenvalue weighted by Crippen LogP contribution is -2.54. The summed E-state index contributed by atoms with van der Waals surface area (Å²) in [6.45, 7) is 5.98. The molecule has 2 aromatic carbocycles. The maximum atomic E-state index is 12.7. The van der Waals surface area contributed by atoms with Gasteiger partial charge in [-0.25, -0.2) is 0 Å². The molecule has 1 saturated heterocycles. The van der Waals surface area contributed by atoms with E-state index in [1.165, 1.54) is 0 Å². The summed E-state index contributed by atoms with van der Waals surface area (Å²) in [6.07, 6.45) is 2.34. The minimum absolute atomic E-state index is 0.0624. The topological polar surface area (TPSA) is 49.8 Å². The predicted octanol–water partition coefficient (Wildman–Crippen LogP) is 5.30. The lowest BCUT2D eigenvalue weighted by atomic mass is 9.99. The number of rotatable bonds is 6. The summed E-state index contributed by atoms with van der Waals surface area (Å²) < 4.78 is 5.72. The maximum absolute atomic E-state index is 12.7. The van der Waals surface area contributed by atoms with Crippen molar-refractivity contribution in [2.45, 2.75) is 38.0 Å². The van der Waals surface area contributed by atoms with Gasteiger partial charge < -0.3 is 14.7 Å². The number of aliphatic hydroxyl groups is 1. The third-order valence-electron chi connectivity index (χ3n) is 4.77. The van der Waals surface area contributed by atoms with Crippen molar-refractivity contribution in [1.29, 1.82) is 0 Å². The average molecular weight is 436 g/mol. The van der Waals surface area contributed by atoms with Crippen molar-refractivity contribution in [3.8, 4) is 0 Å². The summed E-state index contributed by atoms with van der Waals surface area (Å²) >= 11 is 11.5. The molecule has 0 aliphatic carbocycles. The molecule has 0 aromatic heterocycles. The van der Waals surface area contributed by atoms with Gasteiger partial charge in [0.1, 0.15) is 6.10 Å². The summed E-state index contributed by atoms with van der Waals surface area (Å²) in [7, 11) is 0. The van der Waals surface area contributed by atoms with Gasteiger partial charge in [-0.05, 0) is 36.2 Å². The number of morpholine rings is 1. The van der Waals surface area contributed by atoms with Crippen LogP contribution in [-0.4, -0.2) is 41.3 Å². The molecule has 3 unspecified atom stereocenters. The number of carbonyl (C=O) groups excluding carboxylic acids is 1. The van der Waals surface area contributed by atoms with E-state index in [0.29, 0.717) is 24.5 Å². The second-order valence-electron chi connectivity index (χ2n) is 6.70. The molecule has 1 aliphatic heterocycles. The van der Waals surface area contributed by atoms with Crippen LogP contribution < -0.4 is 0 Å². The molecule has 1 aliphatic rings. The Morgan fingerprint density at radius 1 is 1.17 bits per heavy atom. The highest BCUT2D eigenvalue weighted by molar-refractivity contribution is 6.30. The monoisotopic (exact) mass is 435 g/mol. The quantitative estimate of drug-likeness (QED) is 0.626. The Morgan fingerprint density at radius 3 is 2.28 bits per heavy atom. The zero-order chi connectivity index (χ0) is 21.2. The number of halogens is 2. The molecule has 29 heavy (non-hydrogen) atoms. The lowest BCUT2D eigenvalue weighted by molar-refractivity contribution is -0.165. The van der Waals surface area contributed by atoms with Crippen LogP contribution in [-0.2, 0) is 9.53 Å². The van der Waals surface area contributed by atoms with E-state index in [9.17, 15) is 9.90 Å². The van der Waals surface area contributed by atoms with Crippen LogP contribution in [0.5, 0.6) is 0 Å². The first kappa shape index (κ1) is 23.4. The first-order valence-corrected chi connectivity index (χ1v) is 10.4. The standard InChI is InChI=1S/C17H22ClNO3.C6H5Cl/c1-3-5-16-17(21)19(14(4-2)10-20)15(11-22-16)12-6-8-13(18)9-7-12;7-6-4-2-1-3-5-6/h3,6-9,14-16,20H,1,4-5,10-11H2,2H3;1-5H. The van der Waals surface area contributed by atoms with Crippen LogP contribution >= 0.6 is 23.2 Å². The largest absolute Gasteiger partial charge is 0.394 e. The highest BCUT2D eigenvalue weighted by Crippen LogP contribution is 2.31. The highest BCUT2D eigenvalue weighted by Gasteiger charge is 2.39. The zero-order valence-corrected chi connectivity index (χ0v) is 18.0. The minimum atomic E-state index is -0.512. The van der Waals surface area contributed by atoms with E-state index >= 15 is 0 Å². The fraction of sp³-hybridized carbons (Fsp3) is 0.348. The summed E-state index contributed by atoms with van der Waals surface area (Å²) in [5.74, 6) is -0.0907. The van der Waals surface area contributed by atoms with Crippen molar-refractivity contribution >= 4 is 29.1 Å². The zero-order valence-electron chi connectivity index (χ0n) is 16.5. The first-order valence-electron chi connectivity index (χ1n) is 9.63. The van der Waals surface area contributed by atoms with E-state index < -0.39 is 6.10 Å². The minimum Gasteiger partial charge on any atom is -0.394 e. The van der Waals surface area contributed by atoms with E-state index in [1.54, 1.807) is 23.1 Å². The van der Waals surface area contributed by atoms with Crippen LogP contribution in [0.4, 0.5) is 0 Å². The molecule has 4 nitrogen and oxygen atoms in total. The molecule has 3 rings (SSSR count). The van der Waals surface area contributed by atoms with E-state index in [-0.39, 0.29) is 24.6 Å². The number of benzene rings is 2. The molecule has 0 bridgehead atoms. The Morgan fingerprint density at radius 2 is 1.79 bits per heavy atom. The molecule has 1 amide bonds. The molecule has 0 spiro atoms. The normalized spacial score (nSPS) is 19.9. The Balaban J connectivity index is 0.000000360. The van der Waals surface area contributed by atoms with Crippen LogP contribution in [0.1, 0.15) is 31.4 Å². The number of carbonyl (C=O) groups is 1. The average Bonchev–Trinajstić information content (AvgIpc) is 2.73. The van der Waals surface area contributed by atoms with Crippen LogP contribution in [0.25, 0.3) is 0 Å². The third kappa shape index (κ3) is 6.58. The van der Waals surface area contributed by atoms with Crippen molar-refractivity contribution in [2.75, 3.05) is 13.2 Å². The van der Waals surface area contributed by atoms with Gasteiger partial charge in [-0.3, -0.25) is 4.79 Å².